The topological polar surface area (TPSA) is 98.4 Å². The number of aromatic nitrogens is 3. The molecule has 1 aliphatic carbocycles. The highest BCUT2D eigenvalue weighted by Gasteiger charge is 2.27. The molecule has 1 heterocycles. The summed E-state index contributed by atoms with van der Waals surface area (Å²) in [7, 11) is 1.94. The third-order valence-electron chi connectivity index (χ3n) is 5.14. The maximum atomic E-state index is 11.9. The Hall–Kier alpha value is -2.61. The highest BCUT2D eigenvalue weighted by atomic mass is 16.5. The van der Waals surface area contributed by atoms with E-state index >= 15 is 0 Å². The van der Waals surface area contributed by atoms with Crippen molar-refractivity contribution < 1.29 is 19.0 Å². The zero-order valence-corrected chi connectivity index (χ0v) is 17.1. The van der Waals surface area contributed by atoms with Crippen molar-refractivity contribution in [1.29, 1.82) is 0 Å². The van der Waals surface area contributed by atoms with Crippen molar-refractivity contribution in [2.24, 2.45) is 0 Å². The SMILES string of the molecule is CCOC(=O)c1[nH]nnc1OC1CCC(c2ccc(OCCCNC)cc2)CC1. The predicted molar refractivity (Wildman–Crippen MR) is 108 cm³/mol. The van der Waals surface area contributed by atoms with Crippen LogP contribution < -0.4 is 14.8 Å². The Kier molecular flexibility index (Phi) is 7.86. The van der Waals surface area contributed by atoms with Gasteiger partial charge in [0.1, 0.15) is 11.9 Å². The molecule has 0 aliphatic heterocycles. The van der Waals surface area contributed by atoms with Gasteiger partial charge in [-0.1, -0.05) is 22.4 Å². The smallest absolute Gasteiger partial charge is 0.362 e. The molecule has 0 spiro atoms. The van der Waals surface area contributed by atoms with Gasteiger partial charge >= 0.3 is 5.97 Å². The predicted octanol–water partition coefficient (Wildman–Crippen LogP) is 3.07. The van der Waals surface area contributed by atoms with Crippen molar-refractivity contribution >= 4 is 5.97 Å². The molecule has 1 aromatic heterocycles. The number of hydrogen-bond acceptors (Lipinski definition) is 7. The number of carbonyl (C=O) groups is 1. The Morgan fingerprint density at radius 2 is 1.97 bits per heavy atom. The van der Waals surface area contributed by atoms with E-state index in [1.807, 2.05) is 7.05 Å². The minimum Gasteiger partial charge on any atom is -0.494 e. The van der Waals surface area contributed by atoms with Crippen LogP contribution in [0.25, 0.3) is 0 Å². The van der Waals surface area contributed by atoms with Gasteiger partial charge in [0.2, 0.25) is 5.69 Å². The van der Waals surface area contributed by atoms with Crippen molar-refractivity contribution in [3.05, 3.63) is 35.5 Å². The van der Waals surface area contributed by atoms with Crippen LogP contribution in [0.15, 0.2) is 24.3 Å². The number of ether oxygens (including phenoxy) is 3. The van der Waals surface area contributed by atoms with Crippen LogP contribution in [0, 0.1) is 0 Å². The first-order chi connectivity index (χ1) is 14.2. The molecule has 0 amide bonds. The number of nitrogens with one attached hydrogen (secondary N) is 2. The lowest BCUT2D eigenvalue weighted by Crippen LogP contribution is -2.24. The molecule has 29 heavy (non-hydrogen) atoms. The van der Waals surface area contributed by atoms with Crippen LogP contribution in [0.2, 0.25) is 0 Å². The Balaban J connectivity index is 1.47. The summed E-state index contributed by atoms with van der Waals surface area (Å²) in [6.45, 7) is 3.73. The van der Waals surface area contributed by atoms with Gasteiger partial charge in [0.15, 0.2) is 0 Å². The number of nitrogens with zero attached hydrogens (tertiary/aromatic N) is 2. The van der Waals surface area contributed by atoms with E-state index in [4.69, 9.17) is 14.2 Å². The number of aromatic amines is 1. The van der Waals surface area contributed by atoms with E-state index in [-0.39, 0.29) is 17.7 Å². The quantitative estimate of drug-likeness (QED) is 0.465. The molecule has 3 rings (SSSR count). The average molecular weight is 402 g/mol. The molecule has 8 nitrogen and oxygen atoms in total. The molecule has 1 aromatic carbocycles. The summed E-state index contributed by atoms with van der Waals surface area (Å²) in [6.07, 6.45) is 4.88. The third-order valence-corrected chi connectivity index (χ3v) is 5.14. The zero-order chi connectivity index (χ0) is 20.5. The maximum absolute atomic E-state index is 11.9. The molecule has 158 valence electrons. The van der Waals surface area contributed by atoms with Crippen LogP contribution >= 0.6 is 0 Å². The summed E-state index contributed by atoms with van der Waals surface area (Å²) < 4.78 is 16.7. The second-order valence-corrected chi connectivity index (χ2v) is 7.18. The molecule has 0 saturated heterocycles. The Morgan fingerprint density at radius 3 is 2.66 bits per heavy atom. The van der Waals surface area contributed by atoms with Crippen LogP contribution in [-0.2, 0) is 4.74 Å². The highest BCUT2D eigenvalue weighted by molar-refractivity contribution is 5.89. The normalized spacial score (nSPS) is 19.0. The van der Waals surface area contributed by atoms with Crippen LogP contribution in [0.4, 0.5) is 0 Å². The first-order valence-corrected chi connectivity index (χ1v) is 10.3. The number of benzene rings is 1. The Labute approximate surface area is 171 Å². The molecule has 1 aliphatic rings. The minimum atomic E-state index is -0.491. The number of H-pyrrole nitrogens is 1. The van der Waals surface area contributed by atoms with Gasteiger partial charge in [-0.05, 0) is 76.2 Å². The van der Waals surface area contributed by atoms with E-state index in [1.165, 1.54) is 5.56 Å². The molecule has 1 saturated carbocycles. The van der Waals surface area contributed by atoms with Gasteiger partial charge in [-0.2, -0.15) is 0 Å². The monoisotopic (exact) mass is 402 g/mol. The van der Waals surface area contributed by atoms with Gasteiger partial charge in [0.25, 0.3) is 5.88 Å². The molecule has 0 bridgehead atoms. The summed E-state index contributed by atoms with van der Waals surface area (Å²) in [4.78, 5) is 11.9. The maximum Gasteiger partial charge on any atom is 0.362 e. The fraction of sp³-hybridized carbons (Fsp3) is 0.571. The summed E-state index contributed by atoms with van der Waals surface area (Å²) in [5.74, 6) is 1.16. The summed E-state index contributed by atoms with van der Waals surface area (Å²) >= 11 is 0. The van der Waals surface area contributed by atoms with Crippen LogP contribution in [0.5, 0.6) is 11.6 Å². The second-order valence-electron chi connectivity index (χ2n) is 7.18. The fourth-order valence-electron chi connectivity index (χ4n) is 3.58. The Morgan fingerprint density at radius 1 is 1.21 bits per heavy atom. The summed E-state index contributed by atoms with van der Waals surface area (Å²) in [6, 6.07) is 8.43. The lowest BCUT2D eigenvalue weighted by Gasteiger charge is -2.28. The first-order valence-electron chi connectivity index (χ1n) is 10.3. The van der Waals surface area contributed by atoms with E-state index in [0.717, 1.165) is 51.0 Å². The molecule has 2 aromatic rings. The molecule has 1 fully saturated rings. The van der Waals surface area contributed by atoms with E-state index < -0.39 is 5.97 Å². The van der Waals surface area contributed by atoms with E-state index in [2.05, 4.69) is 45.0 Å². The Bertz CT molecular complexity index is 754. The van der Waals surface area contributed by atoms with Crippen LogP contribution in [0.1, 0.15) is 61.0 Å². The van der Waals surface area contributed by atoms with Crippen molar-refractivity contribution in [2.45, 2.75) is 51.0 Å². The number of rotatable bonds is 10. The van der Waals surface area contributed by atoms with Gasteiger partial charge < -0.3 is 19.5 Å². The van der Waals surface area contributed by atoms with E-state index in [0.29, 0.717) is 12.5 Å². The standard InChI is InChI=1S/C21H30N4O4/c1-3-27-21(26)19-20(24-25-23-19)29-18-11-7-16(8-12-18)15-5-9-17(10-6-15)28-14-4-13-22-2/h5-6,9-10,16,18,22H,3-4,7-8,11-14H2,1-2H3,(H,23,24,25). The summed E-state index contributed by atoms with van der Waals surface area (Å²) in [5, 5.41) is 13.2. The fourth-order valence-corrected chi connectivity index (χ4v) is 3.58. The van der Waals surface area contributed by atoms with Crippen LogP contribution in [-0.4, -0.2) is 54.3 Å². The molecule has 8 heteroatoms. The van der Waals surface area contributed by atoms with Crippen molar-refractivity contribution in [2.75, 3.05) is 26.8 Å². The zero-order valence-electron chi connectivity index (χ0n) is 17.1. The minimum absolute atomic E-state index is 0.0271. The van der Waals surface area contributed by atoms with Gasteiger partial charge in [0.05, 0.1) is 13.2 Å². The van der Waals surface area contributed by atoms with Gasteiger partial charge in [-0.25, -0.2) is 9.89 Å². The van der Waals surface area contributed by atoms with Gasteiger partial charge in [0, 0.05) is 0 Å². The van der Waals surface area contributed by atoms with E-state index in [9.17, 15) is 4.79 Å². The lowest BCUT2D eigenvalue weighted by atomic mass is 9.83. The first kappa shape index (κ1) is 21.1. The molecule has 0 unspecified atom stereocenters. The molecular formula is C21H30N4O4. The second kappa shape index (κ2) is 10.8. The van der Waals surface area contributed by atoms with Crippen LogP contribution in [0.3, 0.4) is 0 Å². The summed E-state index contributed by atoms with van der Waals surface area (Å²) in [5.41, 5.74) is 1.51. The molecule has 2 N–H and O–H groups in total. The van der Waals surface area contributed by atoms with Crippen molar-refractivity contribution in [1.82, 2.24) is 20.7 Å². The average Bonchev–Trinajstić information content (AvgIpc) is 3.21. The van der Waals surface area contributed by atoms with Gasteiger partial charge in [-0.15, -0.1) is 0 Å². The third kappa shape index (κ3) is 5.93. The van der Waals surface area contributed by atoms with E-state index in [1.54, 1.807) is 6.92 Å². The molecular weight excluding hydrogens is 372 g/mol. The highest BCUT2D eigenvalue weighted by Crippen LogP contribution is 2.35. The largest absolute Gasteiger partial charge is 0.494 e. The number of carbonyl (C=O) groups excluding carboxylic acids is 1. The number of hydrogen-bond donors (Lipinski definition) is 2. The van der Waals surface area contributed by atoms with Gasteiger partial charge in [-0.3, -0.25) is 0 Å². The lowest BCUT2D eigenvalue weighted by molar-refractivity contribution is 0.0508. The molecule has 0 atom stereocenters. The van der Waals surface area contributed by atoms with Crippen molar-refractivity contribution in [3.63, 3.8) is 0 Å². The van der Waals surface area contributed by atoms with Crippen molar-refractivity contribution in [3.8, 4) is 11.6 Å². The molecule has 0 radical (unpaired) electrons. The number of esters is 1.